The number of carbonyl (C=O) groups is 2. The Balaban J connectivity index is 1.75. The second kappa shape index (κ2) is 4.43. The quantitative estimate of drug-likeness (QED) is 0.613. The Hall–Kier alpha value is -2.14. The molecule has 4 atom stereocenters. The van der Waals surface area contributed by atoms with Gasteiger partial charge in [0.1, 0.15) is 11.5 Å². The number of benzene rings is 1. The zero-order valence-corrected chi connectivity index (χ0v) is 12.5. The van der Waals surface area contributed by atoms with Gasteiger partial charge in [-0.1, -0.05) is 30.4 Å². The maximum Gasteiger partial charge on any atom is 0.312 e. The van der Waals surface area contributed by atoms with Crippen molar-refractivity contribution in [3.63, 3.8) is 0 Å². The highest BCUT2D eigenvalue weighted by atomic mass is 16.5. The summed E-state index contributed by atoms with van der Waals surface area (Å²) in [5, 5.41) is 0. The number of esters is 1. The zero-order valence-electron chi connectivity index (χ0n) is 12.5. The van der Waals surface area contributed by atoms with E-state index in [1.807, 2.05) is 43.3 Å². The largest absolute Gasteiger partial charge is 0.469 e. The molecule has 1 amide bonds. The summed E-state index contributed by atoms with van der Waals surface area (Å²) < 4.78 is 10.9. The molecule has 2 bridgehead atoms. The second-order valence-corrected chi connectivity index (χ2v) is 6.13. The van der Waals surface area contributed by atoms with E-state index in [2.05, 4.69) is 0 Å². The summed E-state index contributed by atoms with van der Waals surface area (Å²) in [6.07, 6.45) is 3.48. The minimum atomic E-state index is -0.692. The molecule has 0 saturated carbocycles. The standard InChI is InChI=1S/C17H17NO4/c1-10-5-3-4-6-11(10)18-9-17-8-7-12(22-17)13(16(20)21-2)14(17)15(18)19/h3-8,12-14H,9H2,1-2H3/t12-,13-,14-,17+/m0/s1. The molecule has 0 aromatic heterocycles. The average Bonchev–Trinajstić information content (AvgIpc) is 3.15. The van der Waals surface area contributed by atoms with Crippen molar-refractivity contribution in [3.8, 4) is 0 Å². The minimum absolute atomic E-state index is 0.0587. The zero-order chi connectivity index (χ0) is 15.5. The van der Waals surface area contributed by atoms with E-state index in [9.17, 15) is 9.59 Å². The van der Waals surface area contributed by atoms with Crippen molar-refractivity contribution in [3.05, 3.63) is 42.0 Å². The Labute approximate surface area is 128 Å². The molecule has 2 saturated heterocycles. The number of aryl methyl sites for hydroxylation is 1. The van der Waals surface area contributed by atoms with Gasteiger partial charge in [-0.05, 0) is 18.6 Å². The fraction of sp³-hybridized carbons (Fsp3) is 0.412. The molecule has 114 valence electrons. The Morgan fingerprint density at radius 2 is 2.18 bits per heavy atom. The highest BCUT2D eigenvalue weighted by Crippen LogP contribution is 2.53. The molecule has 1 aromatic rings. The number of rotatable bonds is 2. The maximum absolute atomic E-state index is 13.0. The van der Waals surface area contributed by atoms with Crippen molar-refractivity contribution in [2.45, 2.75) is 18.6 Å². The molecule has 3 aliphatic heterocycles. The minimum Gasteiger partial charge on any atom is -0.469 e. The lowest BCUT2D eigenvalue weighted by molar-refractivity contribution is -0.149. The van der Waals surface area contributed by atoms with E-state index in [0.717, 1.165) is 11.3 Å². The van der Waals surface area contributed by atoms with Crippen LogP contribution in [0.5, 0.6) is 0 Å². The molecule has 4 rings (SSSR count). The van der Waals surface area contributed by atoms with Crippen molar-refractivity contribution < 1.29 is 19.1 Å². The van der Waals surface area contributed by atoms with Gasteiger partial charge in [-0.25, -0.2) is 0 Å². The first-order valence-electron chi connectivity index (χ1n) is 7.39. The number of hydrogen-bond donors (Lipinski definition) is 0. The van der Waals surface area contributed by atoms with E-state index < -0.39 is 17.4 Å². The Bertz CT molecular complexity index is 698. The molecule has 0 unspecified atom stereocenters. The van der Waals surface area contributed by atoms with E-state index in [1.54, 1.807) is 4.90 Å². The maximum atomic E-state index is 13.0. The first-order valence-corrected chi connectivity index (χ1v) is 7.39. The highest BCUT2D eigenvalue weighted by molar-refractivity contribution is 6.03. The summed E-state index contributed by atoms with van der Waals surface area (Å²) in [6, 6.07) is 7.75. The van der Waals surface area contributed by atoms with Crippen LogP contribution in [0.4, 0.5) is 5.69 Å². The van der Waals surface area contributed by atoms with Crippen molar-refractivity contribution in [2.24, 2.45) is 11.8 Å². The van der Waals surface area contributed by atoms with Gasteiger partial charge >= 0.3 is 5.97 Å². The highest BCUT2D eigenvalue weighted by Gasteiger charge is 2.67. The molecule has 3 heterocycles. The summed E-state index contributed by atoms with van der Waals surface area (Å²) >= 11 is 0. The Kier molecular flexibility index (Phi) is 2.72. The predicted molar refractivity (Wildman–Crippen MR) is 79.3 cm³/mol. The topological polar surface area (TPSA) is 55.8 Å². The molecule has 22 heavy (non-hydrogen) atoms. The lowest BCUT2D eigenvalue weighted by Crippen LogP contribution is -2.39. The number of hydrogen-bond acceptors (Lipinski definition) is 4. The number of para-hydroxylation sites is 1. The van der Waals surface area contributed by atoms with Crippen LogP contribution in [0.2, 0.25) is 0 Å². The van der Waals surface area contributed by atoms with E-state index in [-0.39, 0.29) is 18.0 Å². The van der Waals surface area contributed by atoms with E-state index in [1.165, 1.54) is 7.11 Å². The van der Waals surface area contributed by atoms with Gasteiger partial charge in [-0.3, -0.25) is 9.59 Å². The van der Waals surface area contributed by atoms with Gasteiger partial charge in [0, 0.05) is 5.69 Å². The molecular weight excluding hydrogens is 282 g/mol. The van der Waals surface area contributed by atoms with Crippen molar-refractivity contribution in [1.82, 2.24) is 0 Å². The second-order valence-electron chi connectivity index (χ2n) is 6.13. The Morgan fingerprint density at radius 1 is 1.41 bits per heavy atom. The summed E-state index contributed by atoms with van der Waals surface area (Å²) in [5.74, 6) is -1.47. The lowest BCUT2D eigenvalue weighted by atomic mass is 9.77. The summed E-state index contributed by atoms with van der Waals surface area (Å²) in [7, 11) is 1.35. The molecule has 2 fully saturated rings. The molecule has 5 nitrogen and oxygen atoms in total. The number of methoxy groups -OCH3 is 1. The van der Waals surface area contributed by atoms with Crippen LogP contribution >= 0.6 is 0 Å². The van der Waals surface area contributed by atoms with Gasteiger partial charge in [0.05, 0.1) is 25.7 Å². The van der Waals surface area contributed by atoms with Crippen LogP contribution in [0, 0.1) is 18.8 Å². The third kappa shape index (κ3) is 1.57. The van der Waals surface area contributed by atoms with Crippen LogP contribution in [0.25, 0.3) is 0 Å². The Morgan fingerprint density at radius 3 is 2.91 bits per heavy atom. The molecule has 0 aliphatic carbocycles. The molecule has 1 aromatic carbocycles. The van der Waals surface area contributed by atoms with Gasteiger partial charge in [0.15, 0.2) is 0 Å². The van der Waals surface area contributed by atoms with Gasteiger partial charge < -0.3 is 14.4 Å². The number of anilines is 1. The molecule has 1 spiro atoms. The van der Waals surface area contributed by atoms with Gasteiger partial charge in [0.25, 0.3) is 0 Å². The van der Waals surface area contributed by atoms with Crippen LogP contribution in [-0.4, -0.2) is 37.2 Å². The summed E-state index contributed by atoms with van der Waals surface area (Å²) in [5.41, 5.74) is 1.21. The van der Waals surface area contributed by atoms with Crippen molar-refractivity contribution in [1.29, 1.82) is 0 Å². The van der Waals surface area contributed by atoms with E-state index in [0.29, 0.717) is 6.54 Å². The van der Waals surface area contributed by atoms with Crippen molar-refractivity contribution >= 4 is 17.6 Å². The predicted octanol–water partition coefficient (Wildman–Crippen LogP) is 1.45. The molecule has 5 heteroatoms. The monoisotopic (exact) mass is 299 g/mol. The SMILES string of the molecule is COC(=O)[C@H]1[C@@H]2C=C[C@]3(CN(c4ccccc4C)C(=O)[C@H]13)O2. The molecule has 0 radical (unpaired) electrons. The number of fused-ring (bicyclic) bond motifs is 1. The van der Waals surface area contributed by atoms with Crippen LogP contribution < -0.4 is 4.90 Å². The number of carbonyl (C=O) groups excluding carboxylic acids is 2. The van der Waals surface area contributed by atoms with Crippen LogP contribution in [0.3, 0.4) is 0 Å². The third-order valence-electron chi connectivity index (χ3n) is 4.98. The van der Waals surface area contributed by atoms with Crippen LogP contribution in [0.1, 0.15) is 5.56 Å². The normalized spacial score (nSPS) is 35.1. The van der Waals surface area contributed by atoms with E-state index in [4.69, 9.17) is 9.47 Å². The molecular formula is C17H17NO4. The summed E-state index contributed by atoms with van der Waals surface area (Å²) in [6.45, 7) is 2.42. The molecule has 0 N–H and O–H groups in total. The smallest absolute Gasteiger partial charge is 0.312 e. The summed E-state index contributed by atoms with van der Waals surface area (Å²) in [4.78, 5) is 26.8. The third-order valence-corrected chi connectivity index (χ3v) is 4.98. The number of ether oxygens (including phenoxy) is 2. The lowest BCUT2D eigenvalue weighted by Gasteiger charge is -2.22. The van der Waals surface area contributed by atoms with Crippen LogP contribution in [0.15, 0.2) is 36.4 Å². The van der Waals surface area contributed by atoms with E-state index >= 15 is 0 Å². The van der Waals surface area contributed by atoms with Crippen molar-refractivity contribution in [2.75, 3.05) is 18.6 Å². The fourth-order valence-corrected chi connectivity index (χ4v) is 3.97. The first kappa shape index (κ1) is 13.5. The average molecular weight is 299 g/mol. The van der Waals surface area contributed by atoms with Gasteiger partial charge in [-0.2, -0.15) is 0 Å². The fourth-order valence-electron chi connectivity index (χ4n) is 3.97. The molecule has 3 aliphatic rings. The number of amides is 1. The van der Waals surface area contributed by atoms with Gasteiger partial charge in [0.2, 0.25) is 5.91 Å². The van der Waals surface area contributed by atoms with Crippen LogP contribution in [-0.2, 0) is 19.1 Å². The van der Waals surface area contributed by atoms with Gasteiger partial charge in [-0.15, -0.1) is 0 Å². The first-order chi connectivity index (χ1) is 10.6. The number of nitrogens with zero attached hydrogens (tertiary/aromatic N) is 1.